The molecular formula is C11H17N3O. The molecule has 2 heterocycles. The van der Waals surface area contributed by atoms with Crippen LogP contribution in [0.4, 0.5) is 0 Å². The molecule has 1 fully saturated rings. The van der Waals surface area contributed by atoms with Crippen LogP contribution in [-0.2, 0) is 4.79 Å². The fraction of sp³-hybridized carbons (Fsp3) is 0.636. The topological polar surface area (TPSA) is 38.1 Å². The largest absolute Gasteiger partial charge is 0.338 e. The number of carbonyl (C=O) groups excluding carboxylic acids is 1. The van der Waals surface area contributed by atoms with Crippen molar-refractivity contribution in [1.29, 1.82) is 0 Å². The Hall–Kier alpha value is -1.32. The fourth-order valence-electron chi connectivity index (χ4n) is 1.81. The Morgan fingerprint density at radius 2 is 2.27 bits per heavy atom. The Labute approximate surface area is 89.9 Å². The maximum atomic E-state index is 11.7. The summed E-state index contributed by atoms with van der Waals surface area (Å²) in [6.45, 7) is 5.82. The SMILES string of the molecule is CC(C)CC(=O)N1CC(n2ccnc2)C1. The summed E-state index contributed by atoms with van der Waals surface area (Å²) in [7, 11) is 0. The van der Waals surface area contributed by atoms with Crippen LogP contribution in [-0.4, -0.2) is 33.4 Å². The molecule has 15 heavy (non-hydrogen) atoms. The van der Waals surface area contributed by atoms with Crippen molar-refractivity contribution < 1.29 is 4.79 Å². The second-order valence-corrected chi connectivity index (χ2v) is 4.56. The van der Waals surface area contributed by atoms with Crippen molar-refractivity contribution in [2.75, 3.05) is 13.1 Å². The molecule has 4 heteroatoms. The van der Waals surface area contributed by atoms with E-state index in [1.165, 1.54) is 0 Å². The molecule has 1 aromatic rings. The zero-order chi connectivity index (χ0) is 10.8. The number of hydrogen-bond donors (Lipinski definition) is 0. The maximum absolute atomic E-state index is 11.7. The monoisotopic (exact) mass is 207 g/mol. The van der Waals surface area contributed by atoms with E-state index >= 15 is 0 Å². The van der Waals surface area contributed by atoms with Crippen molar-refractivity contribution in [3.8, 4) is 0 Å². The van der Waals surface area contributed by atoms with Crippen LogP contribution in [0.1, 0.15) is 26.3 Å². The Morgan fingerprint density at radius 1 is 1.53 bits per heavy atom. The summed E-state index contributed by atoms with van der Waals surface area (Å²) in [6, 6.07) is 0.434. The summed E-state index contributed by atoms with van der Waals surface area (Å²) >= 11 is 0. The van der Waals surface area contributed by atoms with Crippen LogP contribution in [0, 0.1) is 5.92 Å². The number of carbonyl (C=O) groups is 1. The van der Waals surface area contributed by atoms with E-state index in [4.69, 9.17) is 0 Å². The molecule has 1 aliphatic rings. The van der Waals surface area contributed by atoms with Crippen molar-refractivity contribution in [1.82, 2.24) is 14.5 Å². The van der Waals surface area contributed by atoms with E-state index in [1.54, 1.807) is 6.20 Å². The highest BCUT2D eigenvalue weighted by atomic mass is 16.2. The van der Waals surface area contributed by atoms with Gasteiger partial charge in [0.2, 0.25) is 5.91 Å². The van der Waals surface area contributed by atoms with Gasteiger partial charge in [-0.2, -0.15) is 0 Å². The molecule has 1 amide bonds. The van der Waals surface area contributed by atoms with Gasteiger partial charge in [0.05, 0.1) is 12.4 Å². The molecule has 0 atom stereocenters. The van der Waals surface area contributed by atoms with E-state index < -0.39 is 0 Å². The van der Waals surface area contributed by atoms with Crippen molar-refractivity contribution in [2.45, 2.75) is 26.3 Å². The summed E-state index contributed by atoms with van der Waals surface area (Å²) in [5.74, 6) is 0.728. The first-order valence-electron chi connectivity index (χ1n) is 5.42. The molecule has 1 aliphatic heterocycles. The molecule has 0 aliphatic carbocycles. The minimum atomic E-state index is 0.279. The molecule has 82 valence electrons. The lowest BCUT2D eigenvalue weighted by Crippen LogP contribution is -2.50. The highest BCUT2D eigenvalue weighted by Crippen LogP contribution is 2.22. The third kappa shape index (κ3) is 2.19. The lowest BCUT2D eigenvalue weighted by molar-refractivity contribution is -0.137. The van der Waals surface area contributed by atoms with Gasteiger partial charge in [-0.15, -0.1) is 0 Å². The van der Waals surface area contributed by atoms with Crippen LogP contribution in [0.3, 0.4) is 0 Å². The summed E-state index contributed by atoms with van der Waals surface area (Å²) in [5.41, 5.74) is 0. The Kier molecular flexibility index (Phi) is 2.75. The van der Waals surface area contributed by atoms with Gasteiger partial charge in [0, 0.05) is 31.9 Å². The van der Waals surface area contributed by atoms with E-state index in [1.807, 2.05) is 17.4 Å². The zero-order valence-corrected chi connectivity index (χ0v) is 9.26. The van der Waals surface area contributed by atoms with Gasteiger partial charge in [0.1, 0.15) is 0 Å². The predicted octanol–water partition coefficient (Wildman–Crippen LogP) is 1.31. The lowest BCUT2D eigenvalue weighted by atomic mass is 10.0. The minimum absolute atomic E-state index is 0.279. The Balaban J connectivity index is 1.81. The summed E-state index contributed by atoms with van der Waals surface area (Å²) in [6.07, 6.45) is 6.21. The fourth-order valence-corrected chi connectivity index (χ4v) is 1.81. The summed E-state index contributed by atoms with van der Waals surface area (Å²) in [4.78, 5) is 17.6. The number of hydrogen-bond acceptors (Lipinski definition) is 2. The van der Waals surface area contributed by atoms with E-state index in [-0.39, 0.29) is 5.91 Å². The number of nitrogens with zero attached hydrogens (tertiary/aromatic N) is 3. The van der Waals surface area contributed by atoms with Crippen LogP contribution in [0.5, 0.6) is 0 Å². The van der Waals surface area contributed by atoms with E-state index in [2.05, 4.69) is 23.4 Å². The average molecular weight is 207 g/mol. The number of rotatable bonds is 3. The second-order valence-electron chi connectivity index (χ2n) is 4.56. The highest BCUT2D eigenvalue weighted by molar-refractivity contribution is 5.77. The third-order valence-corrected chi connectivity index (χ3v) is 2.74. The standard InChI is InChI=1S/C11H17N3O/c1-9(2)5-11(15)14-6-10(7-14)13-4-3-12-8-13/h3-4,8-10H,5-7H2,1-2H3. The smallest absolute Gasteiger partial charge is 0.222 e. The predicted molar refractivity (Wildman–Crippen MR) is 57.3 cm³/mol. The first-order chi connectivity index (χ1) is 7.16. The normalized spacial score (nSPS) is 16.9. The first-order valence-corrected chi connectivity index (χ1v) is 5.42. The van der Waals surface area contributed by atoms with Gasteiger partial charge in [-0.3, -0.25) is 4.79 Å². The van der Waals surface area contributed by atoms with Crippen LogP contribution in [0.25, 0.3) is 0 Å². The summed E-state index contributed by atoms with van der Waals surface area (Å²) in [5, 5.41) is 0. The number of imidazole rings is 1. The zero-order valence-electron chi connectivity index (χ0n) is 9.26. The van der Waals surface area contributed by atoms with Gasteiger partial charge < -0.3 is 9.47 Å². The molecule has 4 nitrogen and oxygen atoms in total. The summed E-state index contributed by atoms with van der Waals surface area (Å²) < 4.78 is 2.07. The molecule has 1 saturated heterocycles. The van der Waals surface area contributed by atoms with Crippen LogP contribution < -0.4 is 0 Å². The lowest BCUT2D eigenvalue weighted by Gasteiger charge is -2.40. The van der Waals surface area contributed by atoms with Crippen LogP contribution in [0.2, 0.25) is 0 Å². The maximum Gasteiger partial charge on any atom is 0.222 e. The van der Waals surface area contributed by atoms with Crippen molar-refractivity contribution in [2.24, 2.45) is 5.92 Å². The van der Waals surface area contributed by atoms with Gasteiger partial charge in [0.15, 0.2) is 0 Å². The Bertz CT molecular complexity index is 326. The molecule has 0 unspecified atom stereocenters. The van der Waals surface area contributed by atoms with E-state index in [0.717, 1.165) is 13.1 Å². The van der Waals surface area contributed by atoms with Crippen molar-refractivity contribution in [3.05, 3.63) is 18.7 Å². The van der Waals surface area contributed by atoms with Gasteiger partial charge in [-0.05, 0) is 5.92 Å². The van der Waals surface area contributed by atoms with Gasteiger partial charge >= 0.3 is 0 Å². The number of amides is 1. The number of likely N-dealkylation sites (tertiary alicyclic amines) is 1. The molecule has 0 spiro atoms. The molecule has 2 rings (SSSR count). The van der Waals surface area contributed by atoms with Gasteiger partial charge in [0.25, 0.3) is 0 Å². The first kappa shape index (κ1) is 10.2. The van der Waals surface area contributed by atoms with Crippen LogP contribution in [0.15, 0.2) is 18.7 Å². The molecule has 0 aromatic carbocycles. The molecule has 0 saturated carbocycles. The van der Waals surface area contributed by atoms with Gasteiger partial charge in [-0.1, -0.05) is 13.8 Å². The van der Waals surface area contributed by atoms with E-state index in [9.17, 15) is 4.79 Å². The van der Waals surface area contributed by atoms with E-state index in [0.29, 0.717) is 18.4 Å². The average Bonchev–Trinajstić information content (AvgIpc) is 2.52. The Morgan fingerprint density at radius 3 is 2.80 bits per heavy atom. The van der Waals surface area contributed by atoms with Crippen molar-refractivity contribution >= 4 is 5.91 Å². The molecule has 0 bridgehead atoms. The molecule has 1 aromatic heterocycles. The highest BCUT2D eigenvalue weighted by Gasteiger charge is 2.31. The third-order valence-electron chi connectivity index (χ3n) is 2.74. The van der Waals surface area contributed by atoms with Crippen molar-refractivity contribution in [3.63, 3.8) is 0 Å². The van der Waals surface area contributed by atoms with Crippen LogP contribution >= 0.6 is 0 Å². The molecule has 0 radical (unpaired) electrons. The molecular weight excluding hydrogens is 190 g/mol. The molecule has 0 N–H and O–H groups in total. The van der Waals surface area contributed by atoms with Gasteiger partial charge in [-0.25, -0.2) is 4.98 Å². The second kappa shape index (κ2) is 4.04. The minimum Gasteiger partial charge on any atom is -0.338 e. The number of aromatic nitrogens is 2. The quantitative estimate of drug-likeness (QED) is 0.749.